The van der Waals surface area contributed by atoms with Crippen molar-refractivity contribution in [2.24, 2.45) is 0 Å². The van der Waals surface area contributed by atoms with Crippen LogP contribution in [0.25, 0.3) is 22.3 Å². The summed E-state index contributed by atoms with van der Waals surface area (Å²) in [5, 5.41) is 20.5. The molecular formula is C30H34O2. The van der Waals surface area contributed by atoms with Crippen molar-refractivity contribution in [1.29, 1.82) is 0 Å². The number of aromatic hydroxyl groups is 2. The van der Waals surface area contributed by atoms with Gasteiger partial charge in [-0.1, -0.05) is 58.0 Å². The van der Waals surface area contributed by atoms with Gasteiger partial charge in [-0.2, -0.15) is 0 Å². The van der Waals surface area contributed by atoms with Gasteiger partial charge in [0.05, 0.1) is 0 Å². The van der Waals surface area contributed by atoms with Crippen molar-refractivity contribution in [2.75, 3.05) is 0 Å². The van der Waals surface area contributed by atoms with Crippen LogP contribution in [-0.4, -0.2) is 10.2 Å². The molecule has 0 radical (unpaired) electrons. The third kappa shape index (κ3) is 4.80. The third-order valence-electron chi connectivity index (χ3n) is 5.98. The van der Waals surface area contributed by atoms with Crippen molar-refractivity contribution in [3.63, 3.8) is 0 Å². The first-order chi connectivity index (χ1) is 15.3. The van der Waals surface area contributed by atoms with Gasteiger partial charge in [0.1, 0.15) is 11.5 Å². The highest BCUT2D eigenvalue weighted by atomic mass is 16.3. The minimum Gasteiger partial charge on any atom is -0.508 e. The number of rotatable bonds is 8. The molecule has 0 fully saturated rings. The Hall–Kier alpha value is -3.26. The topological polar surface area (TPSA) is 40.5 Å². The van der Waals surface area contributed by atoms with Crippen molar-refractivity contribution in [1.82, 2.24) is 0 Å². The molecule has 0 amide bonds. The Labute approximate surface area is 192 Å². The van der Waals surface area contributed by atoms with E-state index in [0.717, 1.165) is 22.3 Å². The second-order valence-corrected chi connectivity index (χ2v) is 9.01. The summed E-state index contributed by atoms with van der Waals surface area (Å²) >= 11 is 0. The summed E-state index contributed by atoms with van der Waals surface area (Å²) in [6.45, 7) is 16.5. The maximum atomic E-state index is 10.3. The largest absolute Gasteiger partial charge is 0.508 e. The van der Waals surface area contributed by atoms with E-state index in [9.17, 15) is 10.2 Å². The molecule has 32 heavy (non-hydrogen) atoms. The molecule has 3 aromatic carbocycles. The molecule has 3 rings (SSSR count). The second kappa shape index (κ2) is 9.91. The first kappa shape index (κ1) is 23.4. The van der Waals surface area contributed by atoms with Gasteiger partial charge in [0.15, 0.2) is 0 Å². The van der Waals surface area contributed by atoms with E-state index >= 15 is 0 Å². The molecule has 0 saturated heterocycles. The van der Waals surface area contributed by atoms with Crippen molar-refractivity contribution < 1.29 is 10.2 Å². The Bertz CT molecular complexity index is 1050. The quantitative estimate of drug-likeness (QED) is 0.357. The zero-order valence-corrected chi connectivity index (χ0v) is 19.7. The van der Waals surface area contributed by atoms with Crippen LogP contribution in [0.4, 0.5) is 0 Å². The molecule has 2 heteroatoms. The second-order valence-electron chi connectivity index (χ2n) is 9.01. The number of allylic oxidation sites excluding steroid dienone is 2. The van der Waals surface area contributed by atoms with Gasteiger partial charge in [-0.3, -0.25) is 0 Å². The van der Waals surface area contributed by atoms with E-state index in [-0.39, 0.29) is 0 Å². The minimum atomic E-state index is 0.298. The molecule has 2 N–H and O–H groups in total. The highest BCUT2D eigenvalue weighted by molar-refractivity contribution is 5.80. The lowest BCUT2D eigenvalue weighted by molar-refractivity contribution is 0.469. The minimum absolute atomic E-state index is 0.298. The van der Waals surface area contributed by atoms with Gasteiger partial charge in [-0.05, 0) is 99.5 Å². The Morgan fingerprint density at radius 1 is 0.656 bits per heavy atom. The molecule has 0 bridgehead atoms. The summed E-state index contributed by atoms with van der Waals surface area (Å²) in [6, 6.07) is 16.3. The normalized spacial score (nSPS) is 11.2. The van der Waals surface area contributed by atoms with Gasteiger partial charge < -0.3 is 10.2 Å². The predicted molar refractivity (Wildman–Crippen MR) is 137 cm³/mol. The summed E-state index contributed by atoms with van der Waals surface area (Å²) in [6.07, 6.45) is 4.87. The van der Waals surface area contributed by atoms with Crippen LogP contribution in [0.1, 0.15) is 61.8 Å². The zero-order chi connectivity index (χ0) is 23.4. The molecule has 0 spiro atoms. The summed E-state index contributed by atoms with van der Waals surface area (Å²) in [5.41, 5.74) is 8.84. The van der Waals surface area contributed by atoms with Gasteiger partial charge in [-0.25, -0.2) is 0 Å². The molecule has 0 aromatic heterocycles. The molecule has 0 heterocycles. The van der Waals surface area contributed by atoms with Crippen LogP contribution in [-0.2, 0) is 12.8 Å². The van der Waals surface area contributed by atoms with E-state index in [1.165, 1.54) is 22.3 Å². The molecule has 3 aromatic rings. The molecule has 0 saturated carbocycles. The Balaban J connectivity index is 2.30. The Kier molecular flexibility index (Phi) is 7.25. The molecule has 0 aliphatic carbocycles. The fourth-order valence-corrected chi connectivity index (χ4v) is 4.23. The first-order valence-electron chi connectivity index (χ1n) is 11.3. The third-order valence-corrected chi connectivity index (χ3v) is 5.98. The smallest absolute Gasteiger partial charge is 0.119 e. The van der Waals surface area contributed by atoms with E-state index in [2.05, 4.69) is 65.1 Å². The van der Waals surface area contributed by atoms with Crippen molar-refractivity contribution in [3.05, 3.63) is 96.1 Å². The summed E-state index contributed by atoms with van der Waals surface area (Å²) < 4.78 is 0. The molecule has 0 aliphatic rings. The highest BCUT2D eigenvalue weighted by Gasteiger charge is 2.18. The summed E-state index contributed by atoms with van der Waals surface area (Å²) in [7, 11) is 0. The molecule has 0 unspecified atom stereocenters. The summed E-state index contributed by atoms with van der Waals surface area (Å²) in [5.74, 6) is 1.30. The number of hydrogen-bond acceptors (Lipinski definition) is 2. The zero-order valence-electron chi connectivity index (χ0n) is 19.7. The Morgan fingerprint density at radius 3 is 1.41 bits per heavy atom. The number of benzene rings is 3. The lowest BCUT2D eigenvalue weighted by atomic mass is 9.83. The van der Waals surface area contributed by atoms with Crippen LogP contribution >= 0.6 is 0 Å². The summed E-state index contributed by atoms with van der Waals surface area (Å²) in [4.78, 5) is 0. The first-order valence-corrected chi connectivity index (χ1v) is 11.3. The van der Waals surface area contributed by atoms with Gasteiger partial charge >= 0.3 is 0 Å². The van der Waals surface area contributed by atoms with Crippen molar-refractivity contribution in [3.8, 4) is 33.8 Å². The number of hydrogen-bond donors (Lipinski definition) is 2. The van der Waals surface area contributed by atoms with Crippen LogP contribution in [0.5, 0.6) is 11.5 Å². The number of phenols is 2. The van der Waals surface area contributed by atoms with E-state index in [1.54, 1.807) is 12.1 Å². The highest BCUT2D eigenvalue weighted by Crippen LogP contribution is 2.40. The van der Waals surface area contributed by atoms with E-state index in [1.807, 2.05) is 24.3 Å². The fourth-order valence-electron chi connectivity index (χ4n) is 4.23. The van der Waals surface area contributed by atoms with Crippen LogP contribution in [0, 0.1) is 0 Å². The van der Waals surface area contributed by atoms with E-state index in [4.69, 9.17) is 0 Å². The lowest BCUT2D eigenvalue weighted by Gasteiger charge is -2.22. The van der Waals surface area contributed by atoms with Gasteiger partial charge in [-0.15, -0.1) is 13.2 Å². The molecule has 0 atom stereocenters. The van der Waals surface area contributed by atoms with Crippen LogP contribution in [0.3, 0.4) is 0 Å². The van der Waals surface area contributed by atoms with Crippen molar-refractivity contribution >= 4 is 0 Å². The average Bonchev–Trinajstić information content (AvgIpc) is 2.76. The van der Waals surface area contributed by atoms with Gasteiger partial charge in [0.25, 0.3) is 0 Å². The van der Waals surface area contributed by atoms with Crippen LogP contribution < -0.4 is 0 Å². The molecule has 166 valence electrons. The van der Waals surface area contributed by atoms with Gasteiger partial charge in [0.2, 0.25) is 0 Å². The Morgan fingerprint density at radius 2 is 1.06 bits per heavy atom. The maximum Gasteiger partial charge on any atom is 0.119 e. The van der Waals surface area contributed by atoms with Crippen LogP contribution in [0.2, 0.25) is 0 Å². The predicted octanol–water partition coefficient (Wildman–Crippen LogP) is 8.14. The fraction of sp³-hybridized carbons (Fsp3) is 0.267. The maximum absolute atomic E-state index is 10.3. The van der Waals surface area contributed by atoms with Crippen molar-refractivity contribution in [2.45, 2.75) is 52.4 Å². The standard InChI is InChI=1S/C30H34O2/c1-7-9-23-15-21(11-13-29(23)31)27-18-28(26(20(5)6)17-25(27)19(3)4)22-12-14-30(32)24(16-22)10-8-2/h7-8,11-20,31-32H,1-2,9-10H2,3-6H3. The van der Waals surface area contributed by atoms with E-state index in [0.29, 0.717) is 36.2 Å². The lowest BCUT2D eigenvalue weighted by Crippen LogP contribution is -2.01. The van der Waals surface area contributed by atoms with Crippen LogP contribution in [0.15, 0.2) is 73.8 Å². The van der Waals surface area contributed by atoms with Gasteiger partial charge in [0, 0.05) is 0 Å². The average molecular weight is 427 g/mol. The van der Waals surface area contributed by atoms with E-state index < -0.39 is 0 Å². The molecular weight excluding hydrogens is 392 g/mol. The molecule has 2 nitrogen and oxygen atoms in total. The SMILES string of the molecule is C=CCc1cc(-c2cc(-c3ccc(O)c(CC=C)c3)c(C(C)C)cc2C(C)C)ccc1O. The monoisotopic (exact) mass is 426 g/mol. The number of phenolic OH excluding ortho intramolecular Hbond substituents is 2. The molecule has 0 aliphatic heterocycles.